The lowest BCUT2D eigenvalue weighted by Crippen LogP contribution is -2.31. The summed E-state index contributed by atoms with van der Waals surface area (Å²) in [6, 6.07) is 5.75. The monoisotopic (exact) mass is 463 g/mol. The minimum atomic E-state index is 0. The number of halogens is 1. The first-order valence-electron chi connectivity index (χ1n) is 8.70. The smallest absolute Gasteiger partial charge is 0.195 e. The van der Waals surface area contributed by atoms with Gasteiger partial charge in [-0.25, -0.2) is 0 Å². The molecule has 6 nitrogen and oxygen atoms in total. The molecule has 0 amide bonds. The highest BCUT2D eigenvalue weighted by molar-refractivity contribution is 14.0. The van der Waals surface area contributed by atoms with Gasteiger partial charge in [-0.2, -0.15) is 0 Å². The number of nitrogens with one attached hydrogen (secondary N) is 2. The first kappa shape index (κ1) is 21.8. The molecule has 0 spiro atoms. The van der Waals surface area contributed by atoms with Crippen molar-refractivity contribution in [3.8, 4) is 11.5 Å². The molecular weight excluding hydrogens is 433 g/mol. The number of hydrogen-bond donors (Lipinski definition) is 2. The van der Waals surface area contributed by atoms with Crippen molar-refractivity contribution in [2.24, 2.45) is 10.9 Å². The third-order valence-corrected chi connectivity index (χ3v) is 3.63. The Morgan fingerprint density at radius 1 is 1.24 bits per heavy atom. The van der Waals surface area contributed by atoms with Crippen LogP contribution in [0.25, 0.3) is 0 Å². The first-order chi connectivity index (χ1) is 11.8. The van der Waals surface area contributed by atoms with E-state index in [1.54, 1.807) is 7.11 Å². The van der Waals surface area contributed by atoms with Crippen molar-refractivity contribution in [3.63, 3.8) is 0 Å². The van der Waals surface area contributed by atoms with Crippen LogP contribution >= 0.6 is 24.0 Å². The summed E-state index contributed by atoms with van der Waals surface area (Å²) in [7, 11) is 1.64. The van der Waals surface area contributed by atoms with Gasteiger partial charge in [0.25, 0.3) is 0 Å². The molecule has 2 rings (SSSR count). The summed E-state index contributed by atoms with van der Waals surface area (Å²) >= 11 is 0. The average molecular weight is 463 g/mol. The number of benzene rings is 1. The van der Waals surface area contributed by atoms with Gasteiger partial charge in [-0.05, 0) is 44.7 Å². The molecule has 1 saturated carbocycles. The zero-order valence-corrected chi connectivity index (χ0v) is 17.7. The van der Waals surface area contributed by atoms with Crippen LogP contribution in [0.4, 0.5) is 5.69 Å². The molecule has 2 N–H and O–H groups in total. The van der Waals surface area contributed by atoms with Gasteiger partial charge < -0.3 is 24.8 Å². The number of aliphatic imine (C=N–C) groups is 1. The molecule has 0 saturated heterocycles. The molecule has 1 aliphatic carbocycles. The summed E-state index contributed by atoms with van der Waals surface area (Å²) in [6.07, 6.45) is 2.63. The molecule has 1 fully saturated rings. The van der Waals surface area contributed by atoms with Crippen LogP contribution in [0, 0.1) is 5.92 Å². The Hall–Kier alpha value is -1.22. The molecule has 0 radical (unpaired) electrons. The summed E-state index contributed by atoms with van der Waals surface area (Å²) in [6.45, 7) is 7.55. The zero-order chi connectivity index (χ0) is 17.2. The molecule has 25 heavy (non-hydrogen) atoms. The standard InChI is InChI=1S/C18H29N3O3.HI/c1-4-19-18(20-10-11-23-13-14-6-7-14)21-15-8-9-16(24-5-2)17(12-15)22-3;/h8-9,12,14H,4-7,10-11,13H2,1-3H3,(H2,19,20,21);1H. The fraction of sp³-hybridized carbons (Fsp3) is 0.611. The molecule has 0 aliphatic heterocycles. The van der Waals surface area contributed by atoms with E-state index in [1.807, 2.05) is 32.0 Å². The Balaban J connectivity index is 0.00000312. The summed E-state index contributed by atoms with van der Waals surface area (Å²) in [4.78, 5) is 4.54. The van der Waals surface area contributed by atoms with Crippen molar-refractivity contribution < 1.29 is 14.2 Å². The summed E-state index contributed by atoms with van der Waals surface area (Å²) in [5, 5.41) is 6.52. The van der Waals surface area contributed by atoms with E-state index in [9.17, 15) is 0 Å². The van der Waals surface area contributed by atoms with Crippen LogP contribution in [0.2, 0.25) is 0 Å². The number of rotatable bonds is 10. The Morgan fingerprint density at radius 2 is 2.04 bits per heavy atom. The average Bonchev–Trinajstić information content (AvgIpc) is 3.40. The van der Waals surface area contributed by atoms with Crippen LogP contribution < -0.4 is 20.1 Å². The number of hydrogen-bond acceptors (Lipinski definition) is 4. The Kier molecular flexibility index (Phi) is 10.6. The minimum Gasteiger partial charge on any atom is -0.493 e. The van der Waals surface area contributed by atoms with Crippen LogP contribution in [0.3, 0.4) is 0 Å². The van der Waals surface area contributed by atoms with E-state index in [0.717, 1.165) is 36.5 Å². The fourth-order valence-corrected chi connectivity index (χ4v) is 2.22. The summed E-state index contributed by atoms with van der Waals surface area (Å²) in [5.41, 5.74) is 0.897. The van der Waals surface area contributed by atoms with Gasteiger partial charge >= 0.3 is 0 Å². The molecule has 7 heteroatoms. The van der Waals surface area contributed by atoms with Gasteiger partial charge in [-0.1, -0.05) is 0 Å². The topological polar surface area (TPSA) is 64.1 Å². The Morgan fingerprint density at radius 3 is 2.68 bits per heavy atom. The third kappa shape index (κ3) is 8.13. The van der Waals surface area contributed by atoms with E-state index in [4.69, 9.17) is 14.2 Å². The van der Waals surface area contributed by atoms with Gasteiger partial charge in [0.1, 0.15) is 0 Å². The number of ether oxygens (including phenoxy) is 3. The van der Waals surface area contributed by atoms with E-state index in [1.165, 1.54) is 12.8 Å². The number of anilines is 1. The zero-order valence-electron chi connectivity index (χ0n) is 15.3. The first-order valence-corrected chi connectivity index (χ1v) is 8.70. The van der Waals surface area contributed by atoms with Crippen molar-refractivity contribution in [2.75, 3.05) is 45.3 Å². The molecule has 0 unspecified atom stereocenters. The molecule has 1 aromatic carbocycles. The number of guanidine groups is 1. The van der Waals surface area contributed by atoms with Gasteiger partial charge in [0.15, 0.2) is 17.5 Å². The quantitative estimate of drug-likeness (QED) is 0.241. The molecule has 0 atom stereocenters. The maximum Gasteiger partial charge on any atom is 0.195 e. The minimum absolute atomic E-state index is 0. The Bertz CT molecular complexity index is 536. The lowest BCUT2D eigenvalue weighted by Gasteiger charge is -2.14. The van der Waals surface area contributed by atoms with Crippen LogP contribution in [-0.4, -0.2) is 46.0 Å². The fourth-order valence-electron chi connectivity index (χ4n) is 2.22. The highest BCUT2D eigenvalue weighted by Crippen LogP contribution is 2.30. The maximum atomic E-state index is 5.62. The van der Waals surface area contributed by atoms with Crippen LogP contribution in [0.1, 0.15) is 26.7 Å². The van der Waals surface area contributed by atoms with Gasteiger partial charge in [0.2, 0.25) is 0 Å². The Labute approximate surface area is 167 Å². The molecule has 1 aliphatic rings. The van der Waals surface area contributed by atoms with Crippen molar-refractivity contribution in [3.05, 3.63) is 18.2 Å². The van der Waals surface area contributed by atoms with Gasteiger partial charge in [-0.3, -0.25) is 4.99 Å². The van der Waals surface area contributed by atoms with Crippen molar-refractivity contribution in [2.45, 2.75) is 26.7 Å². The second-order valence-electron chi connectivity index (χ2n) is 5.70. The highest BCUT2D eigenvalue weighted by Gasteiger charge is 2.20. The number of methoxy groups -OCH3 is 1. The molecule has 0 heterocycles. The van der Waals surface area contributed by atoms with Gasteiger partial charge in [0.05, 0.1) is 26.9 Å². The summed E-state index contributed by atoms with van der Waals surface area (Å²) in [5.74, 6) is 2.96. The van der Waals surface area contributed by atoms with E-state index < -0.39 is 0 Å². The largest absolute Gasteiger partial charge is 0.493 e. The predicted octanol–water partition coefficient (Wildman–Crippen LogP) is 3.52. The number of nitrogens with zero attached hydrogens (tertiary/aromatic N) is 1. The van der Waals surface area contributed by atoms with Crippen molar-refractivity contribution >= 4 is 35.6 Å². The van der Waals surface area contributed by atoms with E-state index in [2.05, 4.69) is 15.6 Å². The molecule has 142 valence electrons. The van der Waals surface area contributed by atoms with Crippen molar-refractivity contribution in [1.29, 1.82) is 0 Å². The SMILES string of the molecule is CCNC(=NCCOCC1CC1)Nc1ccc(OCC)c(OC)c1.I. The van der Waals surface area contributed by atoms with Crippen LogP contribution in [0.5, 0.6) is 11.5 Å². The lowest BCUT2D eigenvalue weighted by atomic mass is 10.2. The van der Waals surface area contributed by atoms with Gasteiger partial charge in [-0.15, -0.1) is 24.0 Å². The second-order valence-corrected chi connectivity index (χ2v) is 5.70. The van der Waals surface area contributed by atoms with E-state index >= 15 is 0 Å². The molecule has 1 aromatic rings. The van der Waals surface area contributed by atoms with E-state index in [0.29, 0.717) is 25.5 Å². The lowest BCUT2D eigenvalue weighted by molar-refractivity contribution is 0.132. The van der Waals surface area contributed by atoms with Gasteiger partial charge in [0, 0.05) is 24.9 Å². The van der Waals surface area contributed by atoms with E-state index in [-0.39, 0.29) is 24.0 Å². The second kappa shape index (κ2) is 12.2. The highest BCUT2D eigenvalue weighted by atomic mass is 127. The third-order valence-electron chi connectivity index (χ3n) is 3.63. The maximum absolute atomic E-state index is 5.62. The predicted molar refractivity (Wildman–Crippen MR) is 113 cm³/mol. The van der Waals surface area contributed by atoms with Crippen LogP contribution in [-0.2, 0) is 4.74 Å². The van der Waals surface area contributed by atoms with Crippen LogP contribution in [0.15, 0.2) is 23.2 Å². The van der Waals surface area contributed by atoms with Crippen molar-refractivity contribution in [1.82, 2.24) is 5.32 Å². The molecule has 0 aromatic heterocycles. The summed E-state index contributed by atoms with van der Waals surface area (Å²) < 4.78 is 16.5. The molecule has 0 bridgehead atoms. The molecular formula is C18H30IN3O3. The normalized spacial score (nSPS) is 13.8.